The number of carbonyl (C=O) groups excluding carboxylic acids is 1. The number of carboxylic acid groups (broad SMARTS) is 1. The van der Waals surface area contributed by atoms with Gasteiger partial charge < -0.3 is 5.11 Å². The molecule has 7 nitrogen and oxygen atoms in total. The molecule has 0 aliphatic carbocycles. The van der Waals surface area contributed by atoms with Crippen molar-refractivity contribution in [1.82, 2.24) is 5.32 Å². The molecule has 1 aromatic carbocycles. The summed E-state index contributed by atoms with van der Waals surface area (Å²) in [4.78, 5) is 31.4. The number of nitro benzene ring substituents is 1. The monoisotopic (exact) mass is 224 g/mol. The molecule has 0 aliphatic rings. The molecule has 0 heterocycles. The van der Waals surface area contributed by atoms with Gasteiger partial charge in [-0.05, 0) is 13.0 Å². The van der Waals surface area contributed by atoms with Gasteiger partial charge in [0.2, 0.25) is 0 Å². The Labute approximate surface area is 89.8 Å². The van der Waals surface area contributed by atoms with Crippen LogP contribution in [0.3, 0.4) is 0 Å². The lowest BCUT2D eigenvalue weighted by molar-refractivity contribution is -0.385. The Morgan fingerprint density at radius 3 is 2.56 bits per heavy atom. The molecular formula is C9H8N2O5. The van der Waals surface area contributed by atoms with Gasteiger partial charge in [-0.15, -0.1) is 0 Å². The van der Waals surface area contributed by atoms with Crippen LogP contribution in [0.4, 0.5) is 10.5 Å². The zero-order valence-corrected chi connectivity index (χ0v) is 8.26. The molecule has 2 N–H and O–H groups in total. The Bertz CT molecular complexity index is 469. The number of benzene rings is 1. The van der Waals surface area contributed by atoms with Crippen LogP contribution >= 0.6 is 0 Å². The average molecular weight is 224 g/mol. The van der Waals surface area contributed by atoms with E-state index in [2.05, 4.69) is 0 Å². The normalized spacial score (nSPS) is 9.56. The fourth-order valence-electron chi connectivity index (χ4n) is 1.12. The highest BCUT2D eigenvalue weighted by atomic mass is 16.6. The first-order valence-electron chi connectivity index (χ1n) is 4.21. The number of hydrogen-bond acceptors (Lipinski definition) is 4. The van der Waals surface area contributed by atoms with Crippen LogP contribution in [-0.4, -0.2) is 22.0 Å². The van der Waals surface area contributed by atoms with Gasteiger partial charge in [-0.3, -0.25) is 20.2 Å². The van der Waals surface area contributed by atoms with E-state index in [1.807, 2.05) is 0 Å². The van der Waals surface area contributed by atoms with Crippen molar-refractivity contribution in [1.29, 1.82) is 0 Å². The summed E-state index contributed by atoms with van der Waals surface area (Å²) in [5.41, 5.74) is 0.106. The first-order valence-corrected chi connectivity index (χ1v) is 4.21. The summed E-state index contributed by atoms with van der Waals surface area (Å²) < 4.78 is 0. The Morgan fingerprint density at radius 2 is 2.06 bits per heavy atom. The molecule has 1 rings (SSSR count). The van der Waals surface area contributed by atoms with Gasteiger partial charge in [0.25, 0.3) is 11.6 Å². The van der Waals surface area contributed by atoms with Crippen LogP contribution < -0.4 is 5.32 Å². The number of nitro groups is 1. The van der Waals surface area contributed by atoms with Crippen LogP contribution in [-0.2, 0) is 0 Å². The lowest BCUT2D eigenvalue weighted by atomic mass is 10.1. The second-order valence-corrected chi connectivity index (χ2v) is 3.02. The van der Waals surface area contributed by atoms with Crippen LogP contribution in [0.2, 0.25) is 0 Å². The highest BCUT2D eigenvalue weighted by Gasteiger charge is 2.15. The minimum absolute atomic E-state index is 0.0697. The molecule has 0 atom stereocenters. The highest BCUT2D eigenvalue weighted by molar-refractivity contribution is 6.02. The molecule has 0 spiro atoms. The third kappa shape index (κ3) is 2.53. The maximum absolute atomic E-state index is 11.2. The number of nitrogens with zero attached hydrogens (tertiary/aromatic N) is 1. The molecule has 0 unspecified atom stereocenters. The van der Waals surface area contributed by atoms with Crippen LogP contribution in [0.5, 0.6) is 0 Å². The minimum Gasteiger partial charge on any atom is -0.465 e. The number of aryl methyl sites for hydroxylation is 1. The SMILES string of the molecule is Cc1ccc(C(=O)NC(=O)O)cc1[N+](=O)[O-]. The molecule has 16 heavy (non-hydrogen) atoms. The summed E-state index contributed by atoms with van der Waals surface area (Å²) in [7, 11) is 0. The third-order valence-corrected chi connectivity index (χ3v) is 1.89. The lowest BCUT2D eigenvalue weighted by Gasteiger charge is -2.01. The van der Waals surface area contributed by atoms with E-state index in [0.717, 1.165) is 6.07 Å². The van der Waals surface area contributed by atoms with Crippen LogP contribution in [0.25, 0.3) is 0 Å². The Balaban J connectivity index is 3.08. The summed E-state index contributed by atoms with van der Waals surface area (Å²) in [5, 5.41) is 20.5. The highest BCUT2D eigenvalue weighted by Crippen LogP contribution is 2.18. The molecule has 0 aromatic heterocycles. The van der Waals surface area contributed by atoms with E-state index >= 15 is 0 Å². The maximum Gasteiger partial charge on any atom is 0.411 e. The summed E-state index contributed by atoms with van der Waals surface area (Å²) in [6.07, 6.45) is -1.51. The zero-order chi connectivity index (χ0) is 12.3. The third-order valence-electron chi connectivity index (χ3n) is 1.89. The van der Waals surface area contributed by atoms with E-state index in [1.165, 1.54) is 19.1 Å². The van der Waals surface area contributed by atoms with Gasteiger partial charge in [0.15, 0.2) is 0 Å². The van der Waals surface area contributed by atoms with Crippen molar-refractivity contribution in [3.63, 3.8) is 0 Å². The van der Waals surface area contributed by atoms with Crippen molar-refractivity contribution < 1.29 is 19.6 Å². The number of imide groups is 1. The second-order valence-electron chi connectivity index (χ2n) is 3.02. The van der Waals surface area contributed by atoms with Gasteiger partial charge >= 0.3 is 6.09 Å². The maximum atomic E-state index is 11.2. The minimum atomic E-state index is -1.51. The van der Waals surface area contributed by atoms with Crippen LogP contribution in [0, 0.1) is 17.0 Å². The number of hydrogen-bond donors (Lipinski definition) is 2. The standard InChI is InChI=1S/C9H8N2O5/c1-5-2-3-6(4-7(5)11(15)16)8(12)10-9(13)14/h2-4H,1H3,(H,10,12)(H,13,14). The zero-order valence-electron chi connectivity index (χ0n) is 8.26. The number of carbonyl (C=O) groups is 2. The van der Waals surface area contributed by atoms with Crippen molar-refractivity contribution in [2.24, 2.45) is 0 Å². The summed E-state index contributed by atoms with van der Waals surface area (Å²) in [6, 6.07) is 3.74. The predicted molar refractivity (Wildman–Crippen MR) is 53.3 cm³/mol. The lowest BCUT2D eigenvalue weighted by Crippen LogP contribution is -2.28. The van der Waals surface area contributed by atoms with Crippen LogP contribution in [0.15, 0.2) is 18.2 Å². The van der Waals surface area contributed by atoms with Crippen molar-refractivity contribution in [2.45, 2.75) is 6.92 Å². The van der Waals surface area contributed by atoms with E-state index in [-0.39, 0.29) is 11.3 Å². The van der Waals surface area contributed by atoms with Gasteiger partial charge in [-0.2, -0.15) is 0 Å². The van der Waals surface area contributed by atoms with Gasteiger partial charge in [-0.25, -0.2) is 4.79 Å². The van der Waals surface area contributed by atoms with Crippen molar-refractivity contribution in [2.75, 3.05) is 0 Å². The van der Waals surface area contributed by atoms with Crippen LogP contribution in [0.1, 0.15) is 15.9 Å². The van der Waals surface area contributed by atoms with Crippen molar-refractivity contribution in [3.8, 4) is 0 Å². The Morgan fingerprint density at radius 1 is 1.44 bits per heavy atom. The molecule has 0 saturated carbocycles. The van der Waals surface area contributed by atoms with E-state index < -0.39 is 16.9 Å². The molecule has 84 valence electrons. The fraction of sp³-hybridized carbons (Fsp3) is 0.111. The largest absolute Gasteiger partial charge is 0.465 e. The van der Waals surface area contributed by atoms with E-state index in [9.17, 15) is 19.7 Å². The molecule has 0 fully saturated rings. The first kappa shape index (κ1) is 11.6. The van der Waals surface area contributed by atoms with Gasteiger partial charge in [0.05, 0.1) is 4.92 Å². The topological polar surface area (TPSA) is 110 Å². The first-order chi connectivity index (χ1) is 7.41. The van der Waals surface area contributed by atoms with Gasteiger partial charge in [0.1, 0.15) is 0 Å². The predicted octanol–water partition coefficient (Wildman–Crippen LogP) is 1.31. The quantitative estimate of drug-likeness (QED) is 0.581. The smallest absolute Gasteiger partial charge is 0.411 e. The Kier molecular flexibility index (Phi) is 3.19. The van der Waals surface area contributed by atoms with Crippen molar-refractivity contribution >= 4 is 17.7 Å². The molecule has 0 bridgehead atoms. The molecule has 0 aliphatic heterocycles. The molecule has 0 saturated heterocycles. The summed E-state index contributed by atoms with van der Waals surface area (Å²) >= 11 is 0. The molecular weight excluding hydrogens is 216 g/mol. The fourth-order valence-corrected chi connectivity index (χ4v) is 1.12. The molecule has 7 heteroatoms. The summed E-state index contributed by atoms with van der Waals surface area (Å²) in [5.74, 6) is -0.893. The summed E-state index contributed by atoms with van der Waals surface area (Å²) in [6.45, 7) is 1.52. The molecule has 2 amide bonds. The van der Waals surface area contributed by atoms with Crippen molar-refractivity contribution in [3.05, 3.63) is 39.4 Å². The number of nitrogens with one attached hydrogen (secondary N) is 1. The molecule has 0 radical (unpaired) electrons. The number of rotatable bonds is 2. The van der Waals surface area contributed by atoms with E-state index in [1.54, 1.807) is 5.32 Å². The Hall–Kier alpha value is -2.44. The average Bonchev–Trinajstić information content (AvgIpc) is 2.16. The second kappa shape index (κ2) is 4.39. The van der Waals surface area contributed by atoms with E-state index in [0.29, 0.717) is 5.56 Å². The van der Waals surface area contributed by atoms with Gasteiger partial charge in [-0.1, -0.05) is 6.07 Å². The number of amides is 2. The van der Waals surface area contributed by atoms with E-state index in [4.69, 9.17) is 5.11 Å². The van der Waals surface area contributed by atoms with Gasteiger partial charge in [0, 0.05) is 17.2 Å². The molecule has 1 aromatic rings.